The summed E-state index contributed by atoms with van der Waals surface area (Å²) in [6.45, 7) is 6.28. The number of aromatic nitrogens is 2. The second-order valence-corrected chi connectivity index (χ2v) is 5.93. The highest BCUT2D eigenvalue weighted by molar-refractivity contribution is 5.97. The first kappa shape index (κ1) is 14.9. The number of aromatic amines is 1. The van der Waals surface area contributed by atoms with E-state index in [2.05, 4.69) is 26.8 Å². The van der Waals surface area contributed by atoms with Crippen LogP contribution in [0, 0.1) is 6.92 Å². The van der Waals surface area contributed by atoms with Gasteiger partial charge in [0.05, 0.1) is 6.54 Å². The van der Waals surface area contributed by atoms with Crippen LogP contribution in [0.25, 0.3) is 11.4 Å². The number of piperazine rings is 1. The van der Waals surface area contributed by atoms with Gasteiger partial charge in [0.15, 0.2) is 5.78 Å². The topological polar surface area (TPSA) is 52.2 Å². The number of nitrogens with zero attached hydrogens (tertiary/aromatic N) is 3. The van der Waals surface area contributed by atoms with Crippen molar-refractivity contribution < 1.29 is 4.79 Å². The Balaban J connectivity index is 1.72. The van der Waals surface area contributed by atoms with Crippen LogP contribution in [0.3, 0.4) is 0 Å². The number of carbonyl (C=O) groups excluding carboxylic acids is 1. The van der Waals surface area contributed by atoms with E-state index in [1.54, 1.807) is 0 Å². The third kappa shape index (κ3) is 3.26. The van der Waals surface area contributed by atoms with Gasteiger partial charge in [-0.3, -0.25) is 9.69 Å². The van der Waals surface area contributed by atoms with Crippen LogP contribution in [-0.2, 0) is 0 Å². The molecule has 3 rings (SSSR count). The van der Waals surface area contributed by atoms with Gasteiger partial charge < -0.3 is 9.88 Å². The Morgan fingerprint density at radius 2 is 1.86 bits per heavy atom. The number of likely N-dealkylation sites (N-methyl/N-ethyl adjacent to an activating group) is 1. The number of nitrogens with one attached hydrogen (secondary N) is 1. The highest BCUT2D eigenvalue weighted by atomic mass is 16.1. The average molecular weight is 298 g/mol. The van der Waals surface area contributed by atoms with E-state index in [-0.39, 0.29) is 5.78 Å². The van der Waals surface area contributed by atoms with Crippen molar-refractivity contribution in [1.29, 1.82) is 0 Å². The first-order chi connectivity index (χ1) is 10.6. The van der Waals surface area contributed by atoms with Gasteiger partial charge in [0.2, 0.25) is 0 Å². The summed E-state index contributed by atoms with van der Waals surface area (Å²) < 4.78 is 0. The van der Waals surface area contributed by atoms with Crippen molar-refractivity contribution >= 4 is 5.78 Å². The Labute approximate surface area is 131 Å². The van der Waals surface area contributed by atoms with Crippen molar-refractivity contribution in [3.63, 3.8) is 0 Å². The average Bonchev–Trinajstić information content (AvgIpc) is 2.92. The zero-order valence-electron chi connectivity index (χ0n) is 13.2. The van der Waals surface area contributed by atoms with Gasteiger partial charge in [0, 0.05) is 37.4 Å². The van der Waals surface area contributed by atoms with Gasteiger partial charge in [0.25, 0.3) is 0 Å². The van der Waals surface area contributed by atoms with Crippen LogP contribution in [0.15, 0.2) is 30.3 Å². The normalized spacial score (nSPS) is 16.8. The number of aryl methyl sites for hydroxylation is 1. The number of Topliss-reactive ketones (excluding diaryl/α,β-unsaturated/α-hetero) is 1. The third-order valence-electron chi connectivity index (χ3n) is 4.16. The number of rotatable bonds is 4. The van der Waals surface area contributed by atoms with E-state index >= 15 is 0 Å². The maximum Gasteiger partial charge on any atom is 0.196 e. The summed E-state index contributed by atoms with van der Waals surface area (Å²) in [5.41, 5.74) is 2.42. The molecule has 1 saturated heterocycles. The molecule has 0 aliphatic carbocycles. The summed E-state index contributed by atoms with van der Waals surface area (Å²) in [5.74, 6) is 0.861. The molecular formula is C17H22N4O. The molecule has 0 unspecified atom stereocenters. The second-order valence-electron chi connectivity index (χ2n) is 5.93. The summed E-state index contributed by atoms with van der Waals surface area (Å²) in [5, 5.41) is 0. The van der Waals surface area contributed by atoms with E-state index in [9.17, 15) is 4.79 Å². The Morgan fingerprint density at radius 1 is 1.18 bits per heavy atom. The fourth-order valence-electron chi connectivity index (χ4n) is 2.75. The molecule has 0 bridgehead atoms. The molecule has 1 aliphatic heterocycles. The van der Waals surface area contributed by atoms with Gasteiger partial charge in [0.1, 0.15) is 11.5 Å². The molecule has 1 fully saturated rings. The van der Waals surface area contributed by atoms with Crippen LogP contribution in [0.4, 0.5) is 0 Å². The standard InChI is InChI=1S/C17H22N4O/c1-13-16(15(22)12-21-10-8-20(2)9-11-21)19-17(18-13)14-6-4-3-5-7-14/h3-7H,8-12H2,1-2H3,(H,18,19). The van der Waals surface area contributed by atoms with Crippen LogP contribution in [0.1, 0.15) is 16.2 Å². The highest BCUT2D eigenvalue weighted by Gasteiger charge is 2.21. The van der Waals surface area contributed by atoms with Crippen molar-refractivity contribution in [1.82, 2.24) is 19.8 Å². The van der Waals surface area contributed by atoms with Gasteiger partial charge in [-0.1, -0.05) is 30.3 Å². The molecule has 5 heteroatoms. The van der Waals surface area contributed by atoms with E-state index in [1.807, 2.05) is 37.3 Å². The van der Waals surface area contributed by atoms with Crippen LogP contribution >= 0.6 is 0 Å². The lowest BCUT2D eigenvalue weighted by molar-refractivity contribution is 0.0871. The Bertz CT molecular complexity index is 642. The molecule has 1 aromatic heterocycles. The Hall–Kier alpha value is -1.98. The zero-order chi connectivity index (χ0) is 15.5. The lowest BCUT2D eigenvalue weighted by atomic mass is 10.2. The molecule has 22 heavy (non-hydrogen) atoms. The number of benzene rings is 1. The van der Waals surface area contributed by atoms with Crippen LogP contribution in [0.2, 0.25) is 0 Å². The van der Waals surface area contributed by atoms with E-state index in [4.69, 9.17) is 0 Å². The van der Waals surface area contributed by atoms with E-state index in [0.29, 0.717) is 12.2 Å². The SMILES string of the molecule is Cc1[nH]c(-c2ccccc2)nc1C(=O)CN1CCN(C)CC1. The number of H-pyrrole nitrogens is 1. The molecular weight excluding hydrogens is 276 g/mol. The van der Waals surface area contributed by atoms with Crippen molar-refractivity contribution in [3.05, 3.63) is 41.7 Å². The summed E-state index contributed by atoms with van der Waals surface area (Å²) in [4.78, 5) is 24.8. The third-order valence-corrected chi connectivity index (χ3v) is 4.16. The summed E-state index contributed by atoms with van der Waals surface area (Å²) in [7, 11) is 2.11. The molecule has 0 spiro atoms. The molecule has 2 aromatic rings. The molecule has 1 N–H and O–H groups in total. The minimum Gasteiger partial charge on any atom is -0.341 e. The Morgan fingerprint density at radius 3 is 2.55 bits per heavy atom. The molecule has 1 aromatic carbocycles. The zero-order valence-corrected chi connectivity index (χ0v) is 13.2. The molecule has 0 radical (unpaired) electrons. The molecule has 5 nitrogen and oxygen atoms in total. The first-order valence-electron chi connectivity index (χ1n) is 7.69. The molecule has 1 aliphatic rings. The largest absolute Gasteiger partial charge is 0.341 e. The van der Waals surface area contributed by atoms with Crippen LogP contribution in [-0.4, -0.2) is 65.3 Å². The molecule has 0 amide bonds. The maximum absolute atomic E-state index is 12.5. The van der Waals surface area contributed by atoms with Gasteiger partial charge >= 0.3 is 0 Å². The number of carbonyl (C=O) groups is 1. The number of hydrogen-bond donors (Lipinski definition) is 1. The van der Waals surface area contributed by atoms with Crippen molar-refractivity contribution in [2.24, 2.45) is 0 Å². The quantitative estimate of drug-likeness (QED) is 0.875. The Kier molecular flexibility index (Phi) is 4.36. The predicted molar refractivity (Wildman–Crippen MR) is 87.0 cm³/mol. The van der Waals surface area contributed by atoms with Crippen molar-refractivity contribution in [2.75, 3.05) is 39.8 Å². The van der Waals surface area contributed by atoms with Gasteiger partial charge in [-0.2, -0.15) is 0 Å². The first-order valence-corrected chi connectivity index (χ1v) is 7.69. The number of hydrogen-bond acceptors (Lipinski definition) is 4. The van der Waals surface area contributed by atoms with E-state index < -0.39 is 0 Å². The summed E-state index contributed by atoms with van der Waals surface area (Å²) in [6.07, 6.45) is 0. The minimum absolute atomic E-state index is 0.0977. The van der Waals surface area contributed by atoms with E-state index in [0.717, 1.165) is 43.3 Å². The second kappa shape index (κ2) is 6.42. The monoisotopic (exact) mass is 298 g/mol. The van der Waals surface area contributed by atoms with Crippen molar-refractivity contribution in [2.45, 2.75) is 6.92 Å². The number of ketones is 1. The summed E-state index contributed by atoms with van der Waals surface area (Å²) >= 11 is 0. The lowest BCUT2D eigenvalue weighted by Crippen LogP contribution is -2.46. The predicted octanol–water partition coefficient (Wildman–Crippen LogP) is 1.82. The van der Waals surface area contributed by atoms with Crippen LogP contribution < -0.4 is 0 Å². The van der Waals surface area contributed by atoms with Crippen LogP contribution in [0.5, 0.6) is 0 Å². The van der Waals surface area contributed by atoms with Gasteiger partial charge in [-0.05, 0) is 14.0 Å². The van der Waals surface area contributed by atoms with Gasteiger partial charge in [-0.15, -0.1) is 0 Å². The van der Waals surface area contributed by atoms with Gasteiger partial charge in [-0.25, -0.2) is 4.98 Å². The molecule has 0 atom stereocenters. The molecule has 0 saturated carbocycles. The number of imidazole rings is 1. The molecule has 2 heterocycles. The van der Waals surface area contributed by atoms with E-state index in [1.165, 1.54) is 0 Å². The smallest absolute Gasteiger partial charge is 0.196 e. The summed E-state index contributed by atoms with van der Waals surface area (Å²) in [6, 6.07) is 9.90. The molecule has 116 valence electrons. The fraction of sp³-hybridized carbons (Fsp3) is 0.412. The fourth-order valence-corrected chi connectivity index (χ4v) is 2.75. The van der Waals surface area contributed by atoms with Crippen molar-refractivity contribution in [3.8, 4) is 11.4 Å². The minimum atomic E-state index is 0.0977. The lowest BCUT2D eigenvalue weighted by Gasteiger charge is -2.31. The highest BCUT2D eigenvalue weighted by Crippen LogP contribution is 2.18. The maximum atomic E-state index is 12.5.